The molecule has 1 amide bonds. The van der Waals surface area contributed by atoms with Gasteiger partial charge in [-0.25, -0.2) is 13.2 Å². The van der Waals surface area contributed by atoms with Crippen LogP contribution in [0.4, 0.5) is 4.79 Å². The summed E-state index contributed by atoms with van der Waals surface area (Å²) in [7, 11) is -4.14. The van der Waals surface area contributed by atoms with Crippen LogP contribution in [0, 0.1) is 6.92 Å². The van der Waals surface area contributed by atoms with Crippen LogP contribution >= 0.6 is 23.2 Å². The van der Waals surface area contributed by atoms with Gasteiger partial charge in [0.25, 0.3) is 10.0 Å². The highest BCUT2D eigenvalue weighted by atomic mass is 35.5. The minimum absolute atomic E-state index is 0.0227. The summed E-state index contributed by atoms with van der Waals surface area (Å²) >= 11 is 11.7. The molecule has 1 unspecified atom stereocenters. The van der Waals surface area contributed by atoms with E-state index in [1.54, 1.807) is 36.4 Å². The molecule has 2 aromatic carbocycles. The summed E-state index contributed by atoms with van der Waals surface area (Å²) in [5.74, 6) is 0. The van der Waals surface area contributed by atoms with Crippen LogP contribution in [0.5, 0.6) is 0 Å². The molecule has 0 N–H and O–H groups in total. The lowest BCUT2D eigenvalue weighted by molar-refractivity contribution is 0.140. The third-order valence-corrected chi connectivity index (χ3v) is 5.92. The van der Waals surface area contributed by atoms with E-state index in [2.05, 4.69) is 0 Å². The summed E-state index contributed by atoms with van der Waals surface area (Å²) in [5, 5.41) is 0.508. The second-order valence-corrected chi connectivity index (χ2v) is 7.87. The molecule has 0 spiro atoms. The molecule has 0 aromatic heterocycles. The van der Waals surface area contributed by atoms with E-state index >= 15 is 0 Å². The first kappa shape index (κ1) is 17.8. The van der Waals surface area contributed by atoms with Crippen LogP contribution in [0.3, 0.4) is 0 Å². The Hall–Kier alpha value is -2.02. The van der Waals surface area contributed by atoms with Crippen LogP contribution < -0.4 is 0 Å². The number of aryl methyl sites for hydroxylation is 1. The molecule has 2 aromatic rings. The smallest absolute Gasteiger partial charge is 0.429 e. The number of hydrogen-bond acceptors (Lipinski definition) is 4. The van der Waals surface area contributed by atoms with E-state index in [0.717, 1.165) is 11.1 Å². The maximum Gasteiger partial charge on any atom is 0.429 e. The number of cyclic esters (lactones) is 1. The van der Waals surface area contributed by atoms with Crippen LogP contribution in [-0.2, 0) is 14.8 Å². The number of sulfonamides is 1. The molecule has 0 aliphatic carbocycles. The standard InChI is InChI=1S/C17H13Cl2NO4S/c1-11-2-8-14(9-3-11)25(22,23)20-15(10-18)16(24-17(20)21)12-4-6-13(19)7-5-12/h2-10,16H,1H3/b15-10-. The number of carbonyl (C=O) groups is 1. The first-order valence-electron chi connectivity index (χ1n) is 7.23. The zero-order chi connectivity index (χ0) is 18.2. The molecule has 0 bridgehead atoms. The normalized spacial score (nSPS) is 19.3. The molecule has 0 radical (unpaired) electrons. The van der Waals surface area contributed by atoms with Gasteiger partial charge in [0.1, 0.15) is 0 Å². The fraction of sp³-hybridized carbons (Fsp3) is 0.118. The molecule has 8 heteroatoms. The van der Waals surface area contributed by atoms with Gasteiger partial charge in [0, 0.05) is 10.6 Å². The van der Waals surface area contributed by atoms with E-state index in [1.807, 2.05) is 6.92 Å². The third-order valence-electron chi connectivity index (χ3n) is 3.73. The second-order valence-electron chi connectivity index (χ2n) is 5.43. The molecule has 3 rings (SSSR count). The van der Waals surface area contributed by atoms with Crippen molar-refractivity contribution in [2.75, 3.05) is 0 Å². The molecule has 1 heterocycles. The number of amides is 1. The minimum Gasteiger partial charge on any atom is -0.434 e. The van der Waals surface area contributed by atoms with Gasteiger partial charge in [-0.3, -0.25) is 0 Å². The van der Waals surface area contributed by atoms with Crippen LogP contribution in [0.25, 0.3) is 0 Å². The van der Waals surface area contributed by atoms with E-state index in [0.29, 0.717) is 14.9 Å². The molecular formula is C17H13Cl2NO4S. The van der Waals surface area contributed by atoms with E-state index in [-0.39, 0.29) is 10.6 Å². The van der Waals surface area contributed by atoms with Gasteiger partial charge in [0.2, 0.25) is 0 Å². The van der Waals surface area contributed by atoms with E-state index in [9.17, 15) is 13.2 Å². The molecule has 25 heavy (non-hydrogen) atoms. The Morgan fingerprint density at radius 3 is 2.24 bits per heavy atom. The molecule has 5 nitrogen and oxygen atoms in total. The van der Waals surface area contributed by atoms with Gasteiger partial charge >= 0.3 is 6.09 Å². The van der Waals surface area contributed by atoms with Crippen LogP contribution in [0.1, 0.15) is 17.2 Å². The zero-order valence-electron chi connectivity index (χ0n) is 13.0. The Bertz CT molecular complexity index is 938. The number of rotatable bonds is 3. The summed E-state index contributed by atoms with van der Waals surface area (Å²) in [6, 6.07) is 12.7. The SMILES string of the molecule is Cc1ccc(S(=O)(=O)N2C(=O)OC(c3ccc(Cl)cc3)/C2=C/Cl)cc1. The van der Waals surface area contributed by atoms with E-state index < -0.39 is 22.2 Å². The fourth-order valence-electron chi connectivity index (χ4n) is 2.45. The Morgan fingerprint density at radius 2 is 1.68 bits per heavy atom. The number of hydrogen-bond donors (Lipinski definition) is 0. The lowest BCUT2D eigenvalue weighted by Crippen LogP contribution is -2.30. The maximum atomic E-state index is 12.9. The maximum absolute atomic E-state index is 12.9. The molecule has 1 fully saturated rings. The highest BCUT2D eigenvalue weighted by molar-refractivity contribution is 7.89. The predicted octanol–water partition coefficient (Wildman–Crippen LogP) is 4.61. The highest BCUT2D eigenvalue weighted by Crippen LogP contribution is 2.39. The molecule has 130 valence electrons. The van der Waals surface area contributed by atoms with Crippen LogP contribution in [0.15, 0.2) is 64.7 Å². The van der Waals surface area contributed by atoms with Crippen molar-refractivity contribution in [1.29, 1.82) is 0 Å². The fourth-order valence-corrected chi connectivity index (χ4v) is 4.20. The molecule has 1 aliphatic rings. The van der Waals surface area contributed by atoms with E-state index in [1.165, 1.54) is 12.1 Å². The zero-order valence-corrected chi connectivity index (χ0v) is 15.3. The summed E-state index contributed by atoms with van der Waals surface area (Å²) in [5.41, 5.74) is 2.52. The molecule has 1 aliphatic heterocycles. The average molecular weight is 398 g/mol. The van der Waals surface area contributed by atoms with Crippen molar-refractivity contribution in [3.63, 3.8) is 0 Å². The molecule has 1 atom stereocenters. The average Bonchev–Trinajstić information content (AvgIpc) is 2.93. The van der Waals surface area contributed by atoms with Crippen molar-refractivity contribution in [1.82, 2.24) is 4.31 Å². The van der Waals surface area contributed by atoms with Crippen LogP contribution in [-0.4, -0.2) is 18.8 Å². The predicted molar refractivity (Wildman–Crippen MR) is 94.8 cm³/mol. The number of halogens is 2. The topological polar surface area (TPSA) is 63.7 Å². The molecule has 1 saturated heterocycles. The summed E-state index contributed by atoms with van der Waals surface area (Å²) < 4.78 is 31.6. The van der Waals surface area contributed by atoms with Crippen molar-refractivity contribution in [3.8, 4) is 0 Å². The Balaban J connectivity index is 2.03. The van der Waals surface area contributed by atoms with Crippen molar-refractivity contribution in [2.24, 2.45) is 0 Å². The lowest BCUT2D eigenvalue weighted by atomic mass is 10.1. The summed E-state index contributed by atoms with van der Waals surface area (Å²) in [4.78, 5) is 12.3. The van der Waals surface area contributed by atoms with E-state index in [4.69, 9.17) is 27.9 Å². The lowest BCUT2D eigenvalue weighted by Gasteiger charge is -2.16. The first-order valence-corrected chi connectivity index (χ1v) is 9.48. The van der Waals surface area contributed by atoms with Crippen LogP contribution in [0.2, 0.25) is 5.02 Å². The van der Waals surface area contributed by atoms with Gasteiger partial charge < -0.3 is 4.74 Å². The number of nitrogens with zero attached hydrogens (tertiary/aromatic N) is 1. The molecular weight excluding hydrogens is 385 g/mol. The quantitative estimate of drug-likeness (QED) is 0.758. The van der Waals surface area contributed by atoms with Gasteiger partial charge in [-0.05, 0) is 36.8 Å². The third kappa shape index (κ3) is 3.25. The monoisotopic (exact) mass is 397 g/mol. The second kappa shape index (κ2) is 6.71. The van der Waals surface area contributed by atoms with Gasteiger partial charge in [-0.2, -0.15) is 4.31 Å². The van der Waals surface area contributed by atoms with Gasteiger partial charge in [-0.15, -0.1) is 0 Å². The Labute approximate surface area is 155 Å². The molecule has 0 saturated carbocycles. The van der Waals surface area contributed by atoms with Crippen molar-refractivity contribution < 1.29 is 17.9 Å². The van der Waals surface area contributed by atoms with Crippen molar-refractivity contribution >= 4 is 39.3 Å². The van der Waals surface area contributed by atoms with Gasteiger partial charge in [0.05, 0.1) is 10.6 Å². The minimum atomic E-state index is -4.14. The van der Waals surface area contributed by atoms with Gasteiger partial charge in [-0.1, -0.05) is 53.0 Å². The number of ether oxygens (including phenoxy) is 1. The summed E-state index contributed by atoms with van der Waals surface area (Å²) in [6.07, 6.45) is -1.94. The highest BCUT2D eigenvalue weighted by Gasteiger charge is 2.45. The first-order chi connectivity index (χ1) is 11.8. The van der Waals surface area contributed by atoms with Crippen molar-refractivity contribution in [3.05, 3.63) is 75.9 Å². The number of benzene rings is 2. The van der Waals surface area contributed by atoms with Gasteiger partial charge in [0.15, 0.2) is 6.10 Å². The largest absolute Gasteiger partial charge is 0.434 e. The number of carbonyl (C=O) groups excluding carboxylic acids is 1. The van der Waals surface area contributed by atoms with Crippen molar-refractivity contribution in [2.45, 2.75) is 17.9 Å². The Kier molecular flexibility index (Phi) is 4.77. The Morgan fingerprint density at radius 1 is 1.08 bits per heavy atom. The summed E-state index contributed by atoms with van der Waals surface area (Å²) in [6.45, 7) is 1.83.